The van der Waals surface area contributed by atoms with Crippen LogP contribution >= 0.6 is 0 Å². The minimum atomic E-state index is 0.736. The first-order valence-corrected chi connectivity index (χ1v) is 8.31. The highest BCUT2D eigenvalue weighted by Crippen LogP contribution is 2.04. The number of nitrogens with one attached hydrogen (secondary N) is 1. The highest BCUT2D eigenvalue weighted by atomic mass is 16.5. The van der Waals surface area contributed by atoms with Crippen LogP contribution in [0.25, 0.3) is 0 Å². The molecule has 0 aliphatic carbocycles. The van der Waals surface area contributed by atoms with E-state index in [1.165, 1.54) is 30.4 Å². The Hall–Kier alpha value is -1.64. The highest BCUT2D eigenvalue weighted by molar-refractivity contribution is 5.14. The number of hydrogen-bond acceptors (Lipinski definition) is 2. The molecular weight excluding hydrogens is 270 g/mol. The standard InChI is InChI=1S/C20H27NO/c1(9-15-21-17-19-11-5-3-6-12-19)2-10-16-22-18-20-13-7-4-8-14-20/h3-8,11-14,21H,1-2,9-10,15-18H2. The molecule has 0 bridgehead atoms. The molecule has 2 nitrogen and oxygen atoms in total. The third-order valence-corrected chi connectivity index (χ3v) is 3.68. The maximum Gasteiger partial charge on any atom is 0.0716 e. The molecule has 2 aromatic carbocycles. The molecule has 22 heavy (non-hydrogen) atoms. The molecule has 0 unspecified atom stereocenters. The lowest BCUT2D eigenvalue weighted by atomic mass is 10.2. The van der Waals surface area contributed by atoms with Crippen molar-refractivity contribution >= 4 is 0 Å². The summed E-state index contributed by atoms with van der Waals surface area (Å²) in [5, 5.41) is 3.49. The number of hydrogen-bond donors (Lipinski definition) is 1. The molecule has 0 aromatic heterocycles. The summed E-state index contributed by atoms with van der Waals surface area (Å²) in [6.45, 7) is 3.67. The van der Waals surface area contributed by atoms with Crippen molar-refractivity contribution in [2.45, 2.75) is 38.8 Å². The van der Waals surface area contributed by atoms with Gasteiger partial charge in [0.2, 0.25) is 0 Å². The lowest BCUT2D eigenvalue weighted by Gasteiger charge is -2.06. The molecule has 0 heterocycles. The fraction of sp³-hybridized carbons (Fsp3) is 0.400. The van der Waals surface area contributed by atoms with Crippen molar-refractivity contribution in [1.82, 2.24) is 5.32 Å². The molecule has 0 radical (unpaired) electrons. The Morgan fingerprint density at radius 1 is 0.682 bits per heavy atom. The zero-order chi connectivity index (χ0) is 15.3. The summed E-state index contributed by atoms with van der Waals surface area (Å²) in [4.78, 5) is 0. The van der Waals surface area contributed by atoms with E-state index >= 15 is 0 Å². The van der Waals surface area contributed by atoms with Gasteiger partial charge in [-0.25, -0.2) is 0 Å². The highest BCUT2D eigenvalue weighted by Gasteiger charge is 1.94. The van der Waals surface area contributed by atoms with Crippen molar-refractivity contribution < 1.29 is 4.74 Å². The molecule has 0 aliphatic rings. The first-order chi connectivity index (χ1) is 10.9. The second-order valence-electron chi connectivity index (χ2n) is 5.61. The van der Waals surface area contributed by atoms with Crippen molar-refractivity contribution in [3.8, 4) is 0 Å². The summed E-state index contributed by atoms with van der Waals surface area (Å²) >= 11 is 0. The van der Waals surface area contributed by atoms with Gasteiger partial charge in [0.25, 0.3) is 0 Å². The second-order valence-corrected chi connectivity index (χ2v) is 5.61. The first kappa shape index (κ1) is 16.7. The predicted molar refractivity (Wildman–Crippen MR) is 92.7 cm³/mol. The summed E-state index contributed by atoms with van der Waals surface area (Å²) < 4.78 is 5.69. The number of rotatable bonds is 11. The summed E-state index contributed by atoms with van der Waals surface area (Å²) in [6.07, 6.45) is 4.93. The van der Waals surface area contributed by atoms with Crippen LogP contribution in [0, 0.1) is 0 Å². The van der Waals surface area contributed by atoms with Crippen LogP contribution in [0.1, 0.15) is 36.8 Å². The third-order valence-electron chi connectivity index (χ3n) is 3.68. The molecule has 0 amide bonds. The topological polar surface area (TPSA) is 21.3 Å². The third kappa shape index (κ3) is 7.39. The van der Waals surface area contributed by atoms with Crippen LogP contribution in [0.15, 0.2) is 60.7 Å². The van der Waals surface area contributed by atoms with E-state index in [1.54, 1.807) is 0 Å². The average molecular weight is 297 g/mol. The molecule has 1 N–H and O–H groups in total. The first-order valence-electron chi connectivity index (χ1n) is 8.31. The molecule has 0 fully saturated rings. The largest absolute Gasteiger partial charge is 0.377 e. The second kappa shape index (κ2) is 11.0. The normalized spacial score (nSPS) is 10.7. The van der Waals surface area contributed by atoms with Crippen LogP contribution in [0.5, 0.6) is 0 Å². The van der Waals surface area contributed by atoms with E-state index in [9.17, 15) is 0 Å². The van der Waals surface area contributed by atoms with Gasteiger partial charge < -0.3 is 10.1 Å². The lowest BCUT2D eigenvalue weighted by Crippen LogP contribution is -2.14. The molecule has 0 aliphatic heterocycles. The Labute approximate surface area is 134 Å². The molecule has 0 saturated heterocycles. The minimum Gasteiger partial charge on any atom is -0.377 e. The lowest BCUT2D eigenvalue weighted by molar-refractivity contribution is 0.116. The molecular formula is C20H27NO. The number of unbranched alkanes of at least 4 members (excludes halogenated alkanes) is 3. The van der Waals surface area contributed by atoms with Crippen molar-refractivity contribution in [2.75, 3.05) is 13.2 Å². The molecule has 0 spiro atoms. The molecule has 2 aromatic rings. The van der Waals surface area contributed by atoms with Gasteiger partial charge in [0.05, 0.1) is 6.61 Å². The average Bonchev–Trinajstić information content (AvgIpc) is 2.58. The van der Waals surface area contributed by atoms with Gasteiger partial charge in [-0.3, -0.25) is 0 Å². The Morgan fingerprint density at radius 3 is 2.05 bits per heavy atom. The summed E-state index contributed by atoms with van der Waals surface area (Å²) in [5.74, 6) is 0. The summed E-state index contributed by atoms with van der Waals surface area (Å²) in [5.41, 5.74) is 2.62. The Bertz CT molecular complexity index is 436. The fourth-order valence-electron chi connectivity index (χ4n) is 2.40. The van der Waals surface area contributed by atoms with E-state index in [2.05, 4.69) is 59.9 Å². The van der Waals surface area contributed by atoms with Gasteiger partial charge in [0, 0.05) is 13.2 Å². The van der Waals surface area contributed by atoms with Gasteiger partial charge >= 0.3 is 0 Å². The minimum absolute atomic E-state index is 0.736. The van der Waals surface area contributed by atoms with E-state index in [4.69, 9.17) is 4.74 Å². The molecule has 0 atom stereocenters. The van der Waals surface area contributed by atoms with E-state index in [-0.39, 0.29) is 0 Å². The maximum atomic E-state index is 5.69. The van der Waals surface area contributed by atoms with Crippen LogP contribution in [0.4, 0.5) is 0 Å². The fourth-order valence-corrected chi connectivity index (χ4v) is 2.40. The monoisotopic (exact) mass is 297 g/mol. The van der Waals surface area contributed by atoms with E-state index in [0.717, 1.165) is 32.7 Å². The van der Waals surface area contributed by atoms with Crippen LogP contribution in [0.2, 0.25) is 0 Å². The van der Waals surface area contributed by atoms with E-state index in [0.29, 0.717) is 0 Å². The van der Waals surface area contributed by atoms with E-state index < -0.39 is 0 Å². The summed E-state index contributed by atoms with van der Waals surface area (Å²) in [6, 6.07) is 20.9. The Balaban J connectivity index is 1.37. The number of benzene rings is 2. The Morgan fingerprint density at radius 2 is 1.32 bits per heavy atom. The zero-order valence-electron chi connectivity index (χ0n) is 13.3. The number of ether oxygens (including phenoxy) is 1. The molecule has 2 heteroatoms. The molecule has 2 rings (SSSR count). The summed E-state index contributed by atoms with van der Waals surface area (Å²) in [7, 11) is 0. The quantitative estimate of drug-likeness (QED) is 0.614. The van der Waals surface area contributed by atoms with Gasteiger partial charge in [-0.15, -0.1) is 0 Å². The van der Waals surface area contributed by atoms with Gasteiger partial charge in [-0.1, -0.05) is 73.5 Å². The van der Waals surface area contributed by atoms with Crippen molar-refractivity contribution in [1.29, 1.82) is 0 Å². The van der Waals surface area contributed by atoms with Crippen LogP contribution < -0.4 is 5.32 Å². The van der Waals surface area contributed by atoms with Gasteiger partial charge in [0.1, 0.15) is 0 Å². The van der Waals surface area contributed by atoms with Gasteiger partial charge in [0.15, 0.2) is 0 Å². The zero-order valence-corrected chi connectivity index (χ0v) is 13.3. The van der Waals surface area contributed by atoms with Crippen molar-refractivity contribution in [3.05, 3.63) is 71.8 Å². The van der Waals surface area contributed by atoms with E-state index in [1.807, 2.05) is 6.07 Å². The van der Waals surface area contributed by atoms with Crippen LogP contribution in [-0.4, -0.2) is 13.2 Å². The predicted octanol–water partition coefficient (Wildman–Crippen LogP) is 4.55. The SMILES string of the molecule is c1ccc(CNCCCCCCOCc2ccccc2)cc1. The van der Waals surface area contributed by atoms with Gasteiger partial charge in [-0.05, 0) is 30.5 Å². The Kier molecular flexibility index (Phi) is 8.36. The van der Waals surface area contributed by atoms with Crippen LogP contribution in [-0.2, 0) is 17.9 Å². The van der Waals surface area contributed by atoms with Crippen LogP contribution in [0.3, 0.4) is 0 Å². The van der Waals surface area contributed by atoms with Gasteiger partial charge in [-0.2, -0.15) is 0 Å². The van der Waals surface area contributed by atoms with Crippen molar-refractivity contribution in [2.24, 2.45) is 0 Å². The molecule has 118 valence electrons. The smallest absolute Gasteiger partial charge is 0.0716 e. The van der Waals surface area contributed by atoms with Crippen molar-refractivity contribution in [3.63, 3.8) is 0 Å². The maximum absolute atomic E-state index is 5.69. The molecule has 0 saturated carbocycles.